The van der Waals surface area contributed by atoms with Gasteiger partial charge in [-0.05, 0) is 29.8 Å². The van der Waals surface area contributed by atoms with Crippen LogP contribution in [0.2, 0.25) is 0 Å². The largest absolute Gasteiger partial charge is 0.399 e. The fourth-order valence-corrected chi connectivity index (χ4v) is 2.78. The van der Waals surface area contributed by atoms with Crippen LogP contribution in [0.15, 0.2) is 42.7 Å². The summed E-state index contributed by atoms with van der Waals surface area (Å²) in [5, 5.41) is 0. The van der Waals surface area contributed by atoms with Crippen LogP contribution in [0.1, 0.15) is 0 Å². The quantitative estimate of drug-likeness (QED) is 0.542. The molecule has 5 nitrogen and oxygen atoms in total. The molecule has 0 aliphatic carbocycles. The Hall–Kier alpha value is -2.60. The molecule has 0 aliphatic heterocycles. The van der Waals surface area contributed by atoms with Gasteiger partial charge >= 0.3 is 0 Å². The number of hydrogen-bond acceptors (Lipinski definition) is 6. The van der Waals surface area contributed by atoms with E-state index in [0.717, 1.165) is 33.2 Å². The topological polar surface area (TPSA) is 77.6 Å². The van der Waals surface area contributed by atoms with E-state index in [9.17, 15) is 0 Å². The minimum Gasteiger partial charge on any atom is -0.399 e. The summed E-state index contributed by atoms with van der Waals surface area (Å²) in [5.74, 6) is 0. The maximum Gasteiger partial charge on any atom is 0.105 e. The lowest BCUT2D eigenvalue weighted by atomic mass is 10.0. The summed E-state index contributed by atoms with van der Waals surface area (Å²) < 4.78 is 8.48. The Balaban J connectivity index is 2.05. The molecule has 4 aromatic rings. The third-order valence-electron chi connectivity index (χ3n) is 3.16. The molecule has 0 saturated heterocycles. The van der Waals surface area contributed by atoms with Crippen molar-refractivity contribution in [2.45, 2.75) is 0 Å². The van der Waals surface area contributed by atoms with Gasteiger partial charge in [-0.25, -0.2) is 0 Å². The van der Waals surface area contributed by atoms with Gasteiger partial charge in [0.25, 0.3) is 0 Å². The molecular weight excluding hydrogens is 270 g/mol. The smallest absolute Gasteiger partial charge is 0.105 e. The molecule has 0 aliphatic rings. The maximum atomic E-state index is 5.96. The van der Waals surface area contributed by atoms with Crippen molar-refractivity contribution in [1.29, 1.82) is 0 Å². The zero-order chi connectivity index (χ0) is 13.5. The van der Waals surface area contributed by atoms with Gasteiger partial charge in [0.15, 0.2) is 0 Å². The molecule has 0 fully saturated rings. The van der Waals surface area contributed by atoms with Gasteiger partial charge in [0.2, 0.25) is 0 Å². The zero-order valence-corrected chi connectivity index (χ0v) is 11.1. The molecule has 0 bridgehead atoms. The highest BCUT2D eigenvalue weighted by molar-refractivity contribution is 7.00. The number of nitrogens with two attached hydrogens (primary N) is 1. The van der Waals surface area contributed by atoms with Crippen LogP contribution in [-0.4, -0.2) is 18.7 Å². The van der Waals surface area contributed by atoms with Gasteiger partial charge in [-0.3, -0.25) is 9.97 Å². The monoisotopic (exact) mass is 279 g/mol. The molecule has 4 rings (SSSR count). The Morgan fingerprint density at radius 1 is 0.850 bits per heavy atom. The van der Waals surface area contributed by atoms with Gasteiger partial charge in [-0.2, -0.15) is 8.75 Å². The van der Waals surface area contributed by atoms with Gasteiger partial charge in [0.05, 0.1) is 22.8 Å². The normalized spacial score (nSPS) is 11.2. The Morgan fingerprint density at radius 3 is 2.65 bits per heavy atom. The van der Waals surface area contributed by atoms with E-state index in [0.29, 0.717) is 5.69 Å². The Bertz CT molecular complexity index is 931. The van der Waals surface area contributed by atoms with E-state index < -0.39 is 0 Å². The predicted molar refractivity (Wildman–Crippen MR) is 80.4 cm³/mol. The fraction of sp³-hybridized carbons (Fsp3) is 0. The summed E-state index contributed by atoms with van der Waals surface area (Å²) in [6.07, 6.45) is 3.35. The van der Waals surface area contributed by atoms with Gasteiger partial charge < -0.3 is 5.73 Å². The highest BCUT2D eigenvalue weighted by atomic mass is 32.1. The number of rotatable bonds is 1. The van der Waals surface area contributed by atoms with Crippen molar-refractivity contribution in [2.24, 2.45) is 0 Å². The summed E-state index contributed by atoms with van der Waals surface area (Å²) in [6.45, 7) is 0. The molecular formula is C14H9N5S. The number of anilines is 1. The van der Waals surface area contributed by atoms with Crippen LogP contribution in [0.4, 0.5) is 5.69 Å². The first kappa shape index (κ1) is 11.2. The molecule has 6 heteroatoms. The fourth-order valence-electron chi connectivity index (χ4n) is 2.27. The van der Waals surface area contributed by atoms with Crippen molar-refractivity contribution in [3.05, 3.63) is 42.7 Å². The van der Waals surface area contributed by atoms with Gasteiger partial charge in [0.1, 0.15) is 11.0 Å². The molecule has 2 aromatic heterocycles. The van der Waals surface area contributed by atoms with E-state index >= 15 is 0 Å². The molecule has 0 amide bonds. The van der Waals surface area contributed by atoms with E-state index in [1.807, 2.05) is 30.3 Å². The van der Waals surface area contributed by atoms with Crippen molar-refractivity contribution >= 4 is 39.5 Å². The Kier molecular flexibility index (Phi) is 2.37. The van der Waals surface area contributed by atoms with Gasteiger partial charge in [0, 0.05) is 23.6 Å². The third-order valence-corrected chi connectivity index (χ3v) is 3.72. The van der Waals surface area contributed by atoms with Crippen LogP contribution >= 0.6 is 11.7 Å². The number of nitrogen functional groups attached to an aromatic ring is 1. The van der Waals surface area contributed by atoms with Crippen LogP contribution in [0.3, 0.4) is 0 Å². The SMILES string of the molecule is Nc1cc(-c2ccc3nsnc3c2)c2nccnc2c1. The van der Waals surface area contributed by atoms with Crippen molar-refractivity contribution in [2.75, 3.05) is 5.73 Å². The first-order chi connectivity index (χ1) is 9.81. The first-order valence-electron chi connectivity index (χ1n) is 6.04. The van der Waals surface area contributed by atoms with E-state index in [1.54, 1.807) is 12.4 Å². The van der Waals surface area contributed by atoms with Crippen LogP contribution in [0.25, 0.3) is 33.2 Å². The minimum absolute atomic E-state index is 0.671. The van der Waals surface area contributed by atoms with Crippen LogP contribution in [0, 0.1) is 0 Å². The first-order valence-corrected chi connectivity index (χ1v) is 6.77. The molecule has 2 heterocycles. The lowest BCUT2D eigenvalue weighted by Crippen LogP contribution is -1.92. The van der Waals surface area contributed by atoms with Crippen molar-refractivity contribution in [3.63, 3.8) is 0 Å². The molecule has 0 atom stereocenters. The standard InChI is InChI=1S/C14H9N5S/c15-9-6-10(14-13(7-9)16-3-4-17-14)8-1-2-11-12(5-8)19-20-18-11/h1-7H,15H2. The van der Waals surface area contributed by atoms with Crippen LogP contribution in [0.5, 0.6) is 0 Å². The average Bonchev–Trinajstić information content (AvgIpc) is 2.93. The highest BCUT2D eigenvalue weighted by Gasteiger charge is 2.09. The summed E-state index contributed by atoms with van der Waals surface area (Å²) in [4.78, 5) is 8.73. The molecule has 0 spiro atoms. The lowest BCUT2D eigenvalue weighted by Gasteiger charge is -2.07. The number of benzene rings is 2. The Labute approximate surface area is 118 Å². The van der Waals surface area contributed by atoms with Crippen LogP contribution < -0.4 is 5.73 Å². The van der Waals surface area contributed by atoms with E-state index in [2.05, 4.69) is 18.7 Å². The van der Waals surface area contributed by atoms with Crippen molar-refractivity contribution in [1.82, 2.24) is 18.7 Å². The number of nitrogens with zero attached hydrogens (tertiary/aromatic N) is 4. The molecule has 0 saturated carbocycles. The molecule has 0 unspecified atom stereocenters. The second-order valence-corrected chi connectivity index (χ2v) is 4.99. The van der Waals surface area contributed by atoms with Crippen molar-refractivity contribution < 1.29 is 0 Å². The van der Waals surface area contributed by atoms with E-state index in [1.165, 1.54) is 11.7 Å². The summed E-state index contributed by atoms with van der Waals surface area (Å²) in [5.41, 5.74) is 12.0. The maximum absolute atomic E-state index is 5.96. The second kappa shape index (κ2) is 4.21. The summed E-state index contributed by atoms with van der Waals surface area (Å²) >= 11 is 1.21. The van der Waals surface area contributed by atoms with Crippen LogP contribution in [-0.2, 0) is 0 Å². The zero-order valence-electron chi connectivity index (χ0n) is 10.3. The summed E-state index contributed by atoms with van der Waals surface area (Å²) in [7, 11) is 0. The van der Waals surface area contributed by atoms with E-state index in [4.69, 9.17) is 5.73 Å². The number of hydrogen-bond donors (Lipinski definition) is 1. The molecule has 2 N–H and O–H groups in total. The summed E-state index contributed by atoms with van der Waals surface area (Å²) in [6, 6.07) is 9.71. The minimum atomic E-state index is 0.671. The molecule has 96 valence electrons. The van der Waals surface area contributed by atoms with Gasteiger partial charge in [-0.1, -0.05) is 6.07 Å². The number of fused-ring (bicyclic) bond motifs is 2. The van der Waals surface area contributed by atoms with E-state index in [-0.39, 0.29) is 0 Å². The Morgan fingerprint density at radius 2 is 1.70 bits per heavy atom. The molecule has 20 heavy (non-hydrogen) atoms. The average molecular weight is 279 g/mol. The third kappa shape index (κ3) is 1.70. The lowest BCUT2D eigenvalue weighted by molar-refractivity contribution is 1.29. The molecule has 0 radical (unpaired) electrons. The highest BCUT2D eigenvalue weighted by Crippen LogP contribution is 2.30. The predicted octanol–water partition coefficient (Wildman–Crippen LogP) is 2.88. The van der Waals surface area contributed by atoms with Crippen molar-refractivity contribution in [3.8, 4) is 11.1 Å². The number of aromatic nitrogens is 4. The molecule has 2 aromatic carbocycles. The van der Waals surface area contributed by atoms with Gasteiger partial charge in [-0.15, -0.1) is 0 Å². The second-order valence-electron chi connectivity index (χ2n) is 4.46.